The highest BCUT2D eigenvalue weighted by Gasteiger charge is 2.46. The zero-order valence-electron chi connectivity index (χ0n) is 12.1. The Hall–Kier alpha value is -0.570. The zero-order valence-corrected chi connectivity index (χ0v) is 12.1. The van der Waals surface area contributed by atoms with Gasteiger partial charge < -0.3 is 10.0 Å². The third kappa shape index (κ3) is 2.54. The van der Waals surface area contributed by atoms with Gasteiger partial charge in [-0.3, -0.25) is 4.79 Å². The second-order valence-corrected chi connectivity index (χ2v) is 7.43. The van der Waals surface area contributed by atoms with Crippen molar-refractivity contribution in [3.05, 3.63) is 0 Å². The number of likely N-dealkylation sites (tertiary alicyclic amines) is 1. The molecule has 1 heterocycles. The lowest BCUT2D eigenvalue weighted by Gasteiger charge is -2.39. The van der Waals surface area contributed by atoms with E-state index in [4.69, 9.17) is 0 Å². The van der Waals surface area contributed by atoms with Crippen LogP contribution in [0.25, 0.3) is 0 Å². The van der Waals surface area contributed by atoms with E-state index in [1.165, 1.54) is 25.7 Å². The van der Waals surface area contributed by atoms with Crippen LogP contribution in [0.1, 0.15) is 51.9 Å². The lowest BCUT2D eigenvalue weighted by Crippen LogP contribution is -2.45. The van der Waals surface area contributed by atoms with Gasteiger partial charge >= 0.3 is 5.97 Å². The van der Waals surface area contributed by atoms with Crippen LogP contribution < -0.4 is 0 Å². The first-order valence-electron chi connectivity index (χ1n) is 8.05. The summed E-state index contributed by atoms with van der Waals surface area (Å²) in [5, 5.41) is 9.74. The predicted molar refractivity (Wildman–Crippen MR) is 75.0 cm³/mol. The number of carbonyl (C=O) groups is 1. The van der Waals surface area contributed by atoms with Gasteiger partial charge in [-0.05, 0) is 43.4 Å². The van der Waals surface area contributed by atoms with Crippen molar-refractivity contribution in [1.29, 1.82) is 0 Å². The molecule has 1 N–H and O–H groups in total. The Morgan fingerprint density at radius 2 is 1.89 bits per heavy atom. The molecule has 3 aliphatic rings. The maximum absolute atomic E-state index is 11.8. The second-order valence-electron chi connectivity index (χ2n) is 7.43. The summed E-state index contributed by atoms with van der Waals surface area (Å²) in [7, 11) is 0. The first-order chi connectivity index (χ1) is 9.09. The first-order valence-corrected chi connectivity index (χ1v) is 8.05. The Labute approximate surface area is 116 Å². The summed E-state index contributed by atoms with van der Waals surface area (Å²) in [5.74, 6) is 1.77. The van der Waals surface area contributed by atoms with Crippen molar-refractivity contribution < 1.29 is 9.90 Å². The highest BCUT2D eigenvalue weighted by molar-refractivity contribution is 5.75. The van der Waals surface area contributed by atoms with E-state index in [1.54, 1.807) is 0 Å². The summed E-state index contributed by atoms with van der Waals surface area (Å²) in [6.45, 7) is 5.34. The fourth-order valence-electron chi connectivity index (χ4n) is 4.95. The molecule has 0 spiro atoms. The van der Waals surface area contributed by atoms with Gasteiger partial charge in [0.05, 0.1) is 5.41 Å². The average molecular weight is 265 g/mol. The Bertz CT molecular complexity index is 345. The van der Waals surface area contributed by atoms with Crippen molar-refractivity contribution in [2.45, 2.75) is 51.9 Å². The summed E-state index contributed by atoms with van der Waals surface area (Å²) in [6.07, 6.45) is 8.21. The van der Waals surface area contributed by atoms with Crippen LogP contribution in [0.15, 0.2) is 0 Å². The van der Waals surface area contributed by atoms with Gasteiger partial charge in [0.1, 0.15) is 0 Å². The average Bonchev–Trinajstić information content (AvgIpc) is 2.89. The van der Waals surface area contributed by atoms with Gasteiger partial charge in [0.15, 0.2) is 0 Å². The third-order valence-electron chi connectivity index (χ3n) is 5.87. The predicted octanol–water partition coefficient (Wildman–Crippen LogP) is 3.00. The lowest BCUT2D eigenvalue weighted by molar-refractivity contribution is -0.153. The second kappa shape index (κ2) is 5.08. The van der Waals surface area contributed by atoms with Crippen LogP contribution in [0.3, 0.4) is 0 Å². The molecule has 3 heteroatoms. The van der Waals surface area contributed by atoms with Gasteiger partial charge in [-0.1, -0.05) is 26.2 Å². The van der Waals surface area contributed by atoms with Crippen LogP contribution in [0.4, 0.5) is 0 Å². The van der Waals surface area contributed by atoms with Crippen LogP contribution in [-0.2, 0) is 4.79 Å². The Morgan fingerprint density at radius 3 is 2.47 bits per heavy atom. The molecule has 0 aromatic rings. The molecule has 4 atom stereocenters. The molecule has 3 rings (SSSR count). The molecule has 0 aromatic carbocycles. The molecule has 1 aliphatic heterocycles. The Balaban J connectivity index is 1.67. The maximum atomic E-state index is 11.8. The standard InChI is InChI=1S/C16H27NO2/c1-12-4-3-7-16(8-12,15(18)19)11-17-9-13-5-2-6-14(13)10-17/h12-14H,2-11H2,1H3,(H,18,19). The number of nitrogens with zero attached hydrogens (tertiary/aromatic N) is 1. The number of carboxylic acid groups (broad SMARTS) is 1. The molecule has 4 unspecified atom stereocenters. The monoisotopic (exact) mass is 265 g/mol. The van der Waals surface area contributed by atoms with E-state index < -0.39 is 11.4 Å². The van der Waals surface area contributed by atoms with E-state index in [-0.39, 0.29) is 0 Å². The van der Waals surface area contributed by atoms with Crippen molar-refractivity contribution in [2.75, 3.05) is 19.6 Å². The topological polar surface area (TPSA) is 40.5 Å². The van der Waals surface area contributed by atoms with E-state index in [0.717, 1.165) is 50.7 Å². The van der Waals surface area contributed by atoms with Gasteiger partial charge in [-0.25, -0.2) is 0 Å². The highest BCUT2D eigenvalue weighted by Crippen LogP contribution is 2.43. The summed E-state index contributed by atoms with van der Waals surface area (Å²) in [5.41, 5.74) is -0.448. The Kier molecular flexibility index (Phi) is 3.59. The van der Waals surface area contributed by atoms with Crippen LogP contribution in [0, 0.1) is 23.2 Å². The first kappa shape index (κ1) is 13.4. The van der Waals surface area contributed by atoms with Gasteiger partial charge in [0.2, 0.25) is 0 Å². The minimum Gasteiger partial charge on any atom is -0.481 e. The largest absolute Gasteiger partial charge is 0.481 e. The smallest absolute Gasteiger partial charge is 0.310 e. The minimum atomic E-state index is -0.545. The van der Waals surface area contributed by atoms with Crippen molar-refractivity contribution in [1.82, 2.24) is 4.90 Å². The Morgan fingerprint density at radius 1 is 1.21 bits per heavy atom. The highest BCUT2D eigenvalue weighted by atomic mass is 16.4. The molecule has 1 saturated heterocycles. The molecule has 108 valence electrons. The molecule has 19 heavy (non-hydrogen) atoms. The molecule has 3 fully saturated rings. The van der Waals surface area contributed by atoms with E-state index in [2.05, 4.69) is 11.8 Å². The molecular formula is C16H27NO2. The number of hydrogen-bond acceptors (Lipinski definition) is 2. The molecule has 0 amide bonds. The van der Waals surface area contributed by atoms with Crippen molar-refractivity contribution in [3.8, 4) is 0 Å². The molecule has 0 radical (unpaired) electrons. The van der Waals surface area contributed by atoms with E-state index in [9.17, 15) is 9.90 Å². The third-order valence-corrected chi connectivity index (χ3v) is 5.87. The SMILES string of the molecule is CC1CCCC(CN2CC3CCCC3C2)(C(=O)O)C1. The quantitative estimate of drug-likeness (QED) is 0.853. The number of fused-ring (bicyclic) bond motifs is 1. The van der Waals surface area contributed by atoms with Crippen LogP contribution in [0.5, 0.6) is 0 Å². The summed E-state index contributed by atoms with van der Waals surface area (Å²) >= 11 is 0. The molecule has 0 bridgehead atoms. The maximum Gasteiger partial charge on any atom is 0.310 e. The molecule has 2 aliphatic carbocycles. The summed E-state index contributed by atoms with van der Waals surface area (Å²) in [4.78, 5) is 14.3. The molecule has 3 nitrogen and oxygen atoms in total. The summed E-state index contributed by atoms with van der Waals surface area (Å²) in [6, 6.07) is 0. The lowest BCUT2D eigenvalue weighted by atomic mass is 9.69. The number of carboxylic acids is 1. The van der Waals surface area contributed by atoms with Crippen molar-refractivity contribution in [2.24, 2.45) is 23.2 Å². The van der Waals surface area contributed by atoms with E-state index >= 15 is 0 Å². The normalized spacial score (nSPS) is 43.3. The molecule has 0 aromatic heterocycles. The van der Waals surface area contributed by atoms with Crippen LogP contribution in [0.2, 0.25) is 0 Å². The fourth-order valence-corrected chi connectivity index (χ4v) is 4.95. The number of hydrogen-bond donors (Lipinski definition) is 1. The number of rotatable bonds is 3. The van der Waals surface area contributed by atoms with Gasteiger partial charge in [-0.2, -0.15) is 0 Å². The van der Waals surface area contributed by atoms with E-state index in [0.29, 0.717) is 5.92 Å². The van der Waals surface area contributed by atoms with Gasteiger partial charge in [-0.15, -0.1) is 0 Å². The molecule has 2 saturated carbocycles. The molecular weight excluding hydrogens is 238 g/mol. The van der Waals surface area contributed by atoms with Gasteiger partial charge in [0.25, 0.3) is 0 Å². The fraction of sp³-hybridized carbons (Fsp3) is 0.938. The zero-order chi connectivity index (χ0) is 13.5. The summed E-state index contributed by atoms with van der Waals surface area (Å²) < 4.78 is 0. The van der Waals surface area contributed by atoms with Crippen LogP contribution in [-0.4, -0.2) is 35.6 Å². The minimum absolute atomic E-state index is 0.448. The number of aliphatic carboxylic acids is 1. The van der Waals surface area contributed by atoms with E-state index in [1.807, 2.05) is 0 Å². The van der Waals surface area contributed by atoms with Crippen LogP contribution >= 0.6 is 0 Å². The van der Waals surface area contributed by atoms with Crippen molar-refractivity contribution >= 4 is 5.97 Å². The van der Waals surface area contributed by atoms with Gasteiger partial charge in [0, 0.05) is 19.6 Å². The van der Waals surface area contributed by atoms with Crippen molar-refractivity contribution in [3.63, 3.8) is 0 Å².